The van der Waals surface area contributed by atoms with E-state index in [2.05, 4.69) is 16.0 Å². The molecule has 1 saturated carbocycles. The molecular weight excluding hydrogens is 342 g/mol. The van der Waals surface area contributed by atoms with Gasteiger partial charge in [-0.2, -0.15) is 0 Å². The largest absolute Gasteiger partial charge is 0.484 e. The summed E-state index contributed by atoms with van der Waals surface area (Å²) in [7, 11) is 0. The van der Waals surface area contributed by atoms with Gasteiger partial charge in [0.25, 0.3) is 5.91 Å². The minimum absolute atomic E-state index is 0. The molecule has 2 aliphatic rings. The van der Waals surface area contributed by atoms with E-state index in [9.17, 15) is 9.59 Å². The normalized spacial score (nSPS) is 19.4. The fourth-order valence-electron chi connectivity index (χ4n) is 2.81. The lowest BCUT2D eigenvalue weighted by Crippen LogP contribution is -2.39. The first-order valence-electron chi connectivity index (χ1n) is 8.72. The predicted octanol–water partition coefficient (Wildman–Crippen LogP) is 1.95. The van der Waals surface area contributed by atoms with Crippen LogP contribution in [-0.2, 0) is 9.59 Å². The van der Waals surface area contributed by atoms with E-state index in [4.69, 9.17) is 4.74 Å². The van der Waals surface area contributed by atoms with Crippen molar-refractivity contribution in [2.45, 2.75) is 25.7 Å². The van der Waals surface area contributed by atoms with Crippen molar-refractivity contribution in [3.8, 4) is 5.75 Å². The number of nitrogens with one attached hydrogen (secondary N) is 3. The first kappa shape index (κ1) is 19.5. The highest BCUT2D eigenvalue weighted by molar-refractivity contribution is 5.94. The van der Waals surface area contributed by atoms with Crippen molar-refractivity contribution in [3.05, 3.63) is 24.3 Å². The van der Waals surface area contributed by atoms with E-state index in [0.29, 0.717) is 23.9 Å². The van der Waals surface area contributed by atoms with Crippen LogP contribution in [0.3, 0.4) is 0 Å². The second-order valence-electron chi connectivity index (χ2n) is 6.60. The maximum atomic E-state index is 11.9. The van der Waals surface area contributed by atoms with Crippen LogP contribution in [0.2, 0.25) is 0 Å². The molecule has 0 radical (unpaired) electrons. The zero-order valence-electron chi connectivity index (χ0n) is 14.3. The van der Waals surface area contributed by atoms with Crippen LogP contribution in [0.15, 0.2) is 24.3 Å². The van der Waals surface area contributed by atoms with Gasteiger partial charge >= 0.3 is 0 Å². The van der Waals surface area contributed by atoms with Crippen LogP contribution in [0.25, 0.3) is 0 Å². The number of benzene rings is 1. The van der Waals surface area contributed by atoms with Gasteiger partial charge in [-0.3, -0.25) is 9.59 Å². The van der Waals surface area contributed by atoms with E-state index in [-0.39, 0.29) is 36.7 Å². The second kappa shape index (κ2) is 9.63. The molecule has 138 valence electrons. The molecule has 0 bridgehead atoms. The quantitative estimate of drug-likeness (QED) is 0.688. The first-order valence-corrected chi connectivity index (χ1v) is 8.72. The Hall–Kier alpha value is -1.79. The van der Waals surface area contributed by atoms with Crippen LogP contribution in [-0.4, -0.2) is 38.1 Å². The molecule has 7 heteroatoms. The minimum Gasteiger partial charge on any atom is -0.484 e. The summed E-state index contributed by atoms with van der Waals surface area (Å²) in [5, 5.41) is 9.13. The van der Waals surface area contributed by atoms with Crippen molar-refractivity contribution in [3.63, 3.8) is 0 Å². The van der Waals surface area contributed by atoms with Crippen molar-refractivity contribution < 1.29 is 14.3 Å². The Morgan fingerprint density at radius 1 is 1.24 bits per heavy atom. The zero-order chi connectivity index (χ0) is 16.8. The van der Waals surface area contributed by atoms with Crippen molar-refractivity contribution >= 4 is 29.9 Å². The number of hydrogen-bond acceptors (Lipinski definition) is 4. The lowest BCUT2D eigenvalue weighted by molar-refractivity contribution is -0.123. The van der Waals surface area contributed by atoms with Crippen LogP contribution in [0.4, 0.5) is 5.69 Å². The third-order valence-electron chi connectivity index (χ3n) is 4.41. The molecule has 3 N–H and O–H groups in total. The standard InChI is InChI=1S/C18H25N3O3.ClH/c22-17(20-11-13-3-2-8-19-10-13)12-24-16-5-1-4-15(9-16)21-18(23)14-6-7-14;/h1,4-5,9,13-14,19H,2-3,6-8,10-12H2,(H,20,22)(H,21,23);1H. The molecule has 1 heterocycles. The maximum absolute atomic E-state index is 11.9. The Morgan fingerprint density at radius 2 is 2.08 bits per heavy atom. The molecule has 2 fully saturated rings. The first-order chi connectivity index (χ1) is 11.7. The Labute approximate surface area is 154 Å². The maximum Gasteiger partial charge on any atom is 0.257 e. The predicted molar refractivity (Wildman–Crippen MR) is 99.1 cm³/mol. The molecule has 1 aromatic rings. The minimum atomic E-state index is -0.118. The van der Waals surface area contributed by atoms with E-state index in [1.165, 1.54) is 0 Å². The summed E-state index contributed by atoms with van der Waals surface area (Å²) in [4.78, 5) is 23.7. The molecule has 3 rings (SSSR count). The van der Waals surface area contributed by atoms with E-state index in [1.54, 1.807) is 12.1 Å². The highest BCUT2D eigenvalue weighted by Crippen LogP contribution is 2.30. The summed E-state index contributed by atoms with van der Waals surface area (Å²) in [6.07, 6.45) is 4.25. The number of amides is 2. The fraction of sp³-hybridized carbons (Fsp3) is 0.556. The van der Waals surface area contributed by atoms with Gasteiger partial charge in [-0.1, -0.05) is 6.07 Å². The monoisotopic (exact) mass is 367 g/mol. The molecule has 6 nitrogen and oxygen atoms in total. The molecule has 0 spiro atoms. The molecule has 1 atom stereocenters. The molecule has 1 unspecified atom stereocenters. The number of piperidine rings is 1. The van der Waals surface area contributed by atoms with Gasteiger partial charge in [-0.15, -0.1) is 12.4 Å². The number of carbonyl (C=O) groups excluding carboxylic acids is 2. The fourth-order valence-corrected chi connectivity index (χ4v) is 2.81. The Kier molecular flexibility index (Phi) is 7.52. The molecule has 0 aromatic heterocycles. The number of ether oxygens (including phenoxy) is 1. The summed E-state index contributed by atoms with van der Waals surface area (Å²) >= 11 is 0. The van der Waals surface area contributed by atoms with Crippen LogP contribution < -0.4 is 20.7 Å². The average molecular weight is 368 g/mol. The molecular formula is C18H26ClN3O3. The number of anilines is 1. The highest BCUT2D eigenvalue weighted by Gasteiger charge is 2.29. The average Bonchev–Trinajstić information content (AvgIpc) is 3.44. The molecule has 1 aliphatic heterocycles. The summed E-state index contributed by atoms with van der Waals surface area (Å²) in [5.74, 6) is 1.19. The van der Waals surface area contributed by atoms with Crippen LogP contribution in [0.5, 0.6) is 5.75 Å². The van der Waals surface area contributed by atoms with Gasteiger partial charge in [0.2, 0.25) is 5.91 Å². The van der Waals surface area contributed by atoms with Gasteiger partial charge in [0, 0.05) is 24.2 Å². The lowest BCUT2D eigenvalue weighted by Gasteiger charge is -2.22. The molecule has 2 amide bonds. The second-order valence-corrected chi connectivity index (χ2v) is 6.60. The number of rotatable bonds is 7. The van der Waals surface area contributed by atoms with E-state index < -0.39 is 0 Å². The van der Waals surface area contributed by atoms with Crippen LogP contribution in [0.1, 0.15) is 25.7 Å². The van der Waals surface area contributed by atoms with E-state index in [1.807, 2.05) is 12.1 Å². The van der Waals surface area contributed by atoms with Gasteiger partial charge in [-0.05, 0) is 56.8 Å². The van der Waals surface area contributed by atoms with Gasteiger partial charge in [0.15, 0.2) is 6.61 Å². The SMILES string of the molecule is Cl.O=C(COc1cccc(NC(=O)C2CC2)c1)NCC1CCCNC1. The Morgan fingerprint density at radius 3 is 2.80 bits per heavy atom. The summed E-state index contributed by atoms with van der Waals surface area (Å²) in [6.45, 7) is 2.71. The lowest BCUT2D eigenvalue weighted by atomic mass is 10.00. The zero-order valence-corrected chi connectivity index (χ0v) is 15.1. The Bertz CT molecular complexity index is 587. The Balaban J connectivity index is 0.00000225. The number of carbonyl (C=O) groups is 2. The highest BCUT2D eigenvalue weighted by atomic mass is 35.5. The van der Waals surface area contributed by atoms with Gasteiger partial charge in [0.1, 0.15) is 5.75 Å². The number of hydrogen-bond donors (Lipinski definition) is 3. The van der Waals surface area contributed by atoms with Crippen molar-refractivity contribution in [1.82, 2.24) is 10.6 Å². The van der Waals surface area contributed by atoms with Crippen LogP contribution >= 0.6 is 12.4 Å². The number of halogens is 1. The van der Waals surface area contributed by atoms with Gasteiger partial charge < -0.3 is 20.7 Å². The van der Waals surface area contributed by atoms with Crippen molar-refractivity contribution in [1.29, 1.82) is 0 Å². The van der Waals surface area contributed by atoms with Crippen molar-refractivity contribution in [2.75, 3.05) is 31.6 Å². The van der Waals surface area contributed by atoms with Crippen molar-refractivity contribution in [2.24, 2.45) is 11.8 Å². The summed E-state index contributed by atoms with van der Waals surface area (Å²) in [6, 6.07) is 7.16. The third-order valence-corrected chi connectivity index (χ3v) is 4.41. The topological polar surface area (TPSA) is 79.5 Å². The van der Waals surface area contributed by atoms with Crippen LogP contribution in [0, 0.1) is 11.8 Å². The molecule has 1 saturated heterocycles. The summed E-state index contributed by atoms with van der Waals surface area (Å²) in [5.41, 5.74) is 0.707. The van der Waals surface area contributed by atoms with Gasteiger partial charge in [0.05, 0.1) is 0 Å². The van der Waals surface area contributed by atoms with E-state index in [0.717, 1.165) is 38.8 Å². The van der Waals surface area contributed by atoms with Gasteiger partial charge in [-0.25, -0.2) is 0 Å². The van der Waals surface area contributed by atoms with E-state index >= 15 is 0 Å². The smallest absolute Gasteiger partial charge is 0.257 e. The molecule has 1 aromatic carbocycles. The molecule has 25 heavy (non-hydrogen) atoms. The third kappa shape index (κ3) is 6.55. The molecule has 1 aliphatic carbocycles. The summed E-state index contributed by atoms with van der Waals surface area (Å²) < 4.78 is 5.53.